The van der Waals surface area contributed by atoms with E-state index < -0.39 is 13.9 Å². The number of allylic oxidation sites excluding steroid dienone is 20. The maximum atomic E-state index is 12.7. The minimum atomic E-state index is -4.55. The van der Waals surface area contributed by atoms with Crippen LogP contribution in [0.3, 0.4) is 0 Å². The standard InChI is InChI=1S/C56H94NO7P/c1-6-8-10-12-14-16-18-20-22-24-26-27-28-29-30-32-34-36-38-40-42-44-46-48-51-61-53-55(54-63-65(59,60)62-52-50-57(3,4)5)64-56(58)49-47-45-43-41-39-37-35-33-31-25-23-21-19-17-15-13-11-9-7-2/h8-11,14-17,20-23,26-27,29-31,33-34,36,55H,6-7,12-13,18-19,24-25,28,32,35,37-54H2,1-5H3/b10-8-,11-9-,16-14-,17-15-,22-20-,23-21-,27-26-,30-29-,33-31-,36-34-. The molecule has 0 aliphatic heterocycles. The van der Waals surface area contributed by atoms with Crippen molar-refractivity contribution in [1.82, 2.24) is 0 Å². The molecule has 9 heteroatoms. The van der Waals surface area contributed by atoms with Crippen LogP contribution in [0.4, 0.5) is 0 Å². The van der Waals surface area contributed by atoms with E-state index in [1.54, 1.807) is 0 Å². The number of hydrogen-bond donors (Lipinski definition) is 0. The maximum Gasteiger partial charge on any atom is 0.306 e. The Kier molecular flexibility index (Phi) is 45.1. The van der Waals surface area contributed by atoms with Crippen LogP contribution in [0.2, 0.25) is 0 Å². The van der Waals surface area contributed by atoms with Crippen molar-refractivity contribution in [3.8, 4) is 0 Å². The number of carbonyl (C=O) groups excluding carboxylic acids is 1. The van der Waals surface area contributed by atoms with E-state index in [4.69, 9.17) is 18.5 Å². The van der Waals surface area contributed by atoms with Gasteiger partial charge in [0, 0.05) is 13.0 Å². The van der Waals surface area contributed by atoms with Gasteiger partial charge in [0.2, 0.25) is 0 Å². The zero-order valence-electron chi connectivity index (χ0n) is 41.9. The Morgan fingerprint density at radius 1 is 0.477 bits per heavy atom. The van der Waals surface area contributed by atoms with Crippen molar-refractivity contribution in [2.24, 2.45) is 0 Å². The molecule has 0 aromatic heterocycles. The third-order valence-corrected chi connectivity index (χ3v) is 11.0. The van der Waals surface area contributed by atoms with Crippen molar-refractivity contribution >= 4 is 13.8 Å². The molecular weight excluding hydrogens is 830 g/mol. The number of rotatable bonds is 45. The van der Waals surface area contributed by atoms with Crippen LogP contribution in [-0.4, -0.2) is 70.7 Å². The highest BCUT2D eigenvalue weighted by molar-refractivity contribution is 7.45. The lowest BCUT2D eigenvalue weighted by atomic mass is 10.1. The fraction of sp³-hybridized carbons (Fsp3) is 0.625. The second-order valence-corrected chi connectivity index (χ2v) is 18.8. The number of ether oxygens (including phenoxy) is 2. The van der Waals surface area contributed by atoms with Crippen LogP contribution in [-0.2, 0) is 27.9 Å². The molecular formula is C56H94NO7P. The van der Waals surface area contributed by atoms with Gasteiger partial charge in [-0.25, -0.2) is 0 Å². The molecule has 0 aromatic carbocycles. The summed E-state index contributed by atoms with van der Waals surface area (Å²) in [6.45, 7) is 5.08. The number of phosphoric acid groups is 1. The van der Waals surface area contributed by atoms with Gasteiger partial charge in [-0.3, -0.25) is 9.36 Å². The molecule has 8 nitrogen and oxygen atoms in total. The van der Waals surface area contributed by atoms with Crippen LogP contribution >= 0.6 is 7.82 Å². The lowest BCUT2D eigenvalue weighted by Gasteiger charge is -2.28. The van der Waals surface area contributed by atoms with E-state index in [1.165, 1.54) is 19.3 Å². The Morgan fingerprint density at radius 3 is 1.26 bits per heavy atom. The monoisotopic (exact) mass is 924 g/mol. The molecule has 65 heavy (non-hydrogen) atoms. The van der Waals surface area contributed by atoms with Crippen LogP contribution in [0.25, 0.3) is 0 Å². The van der Waals surface area contributed by atoms with Gasteiger partial charge in [-0.15, -0.1) is 0 Å². The zero-order valence-corrected chi connectivity index (χ0v) is 42.8. The maximum absolute atomic E-state index is 12.7. The molecule has 0 fully saturated rings. The second-order valence-electron chi connectivity index (χ2n) is 17.4. The number of hydrogen-bond acceptors (Lipinski definition) is 7. The van der Waals surface area contributed by atoms with Gasteiger partial charge >= 0.3 is 5.97 Å². The molecule has 0 saturated heterocycles. The van der Waals surface area contributed by atoms with Crippen molar-refractivity contribution < 1.29 is 37.3 Å². The summed E-state index contributed by atoms with van der Waals surface area (Å²) in [5.74, 6) is -0.361. The molecule has 0 aliphatic rings. The number of quaternary nitrogens is 1. The van der Waals surface area contributed by atoms with Gasteiger partial charge < -0.3 is 27.9 Å². The molecule has 2 unspecified atom stereocenters. The van der Waals surface area contributed by atoms with E-state index in [0.717, 1.165) is 128 Å². The number of esters is 1. The highest BCUT2D eigenvalue weighted by Gasteiger charge is 2.20. The fourth-order valence-electron chi connectivity index (χ4n) is 6.19. The molecule has 2 atom stereocenters. The van der Waals surface area contributed by atoms with Gasteiger partial charge in [0.25, 0.3) is 7.82 Å². The first-order valence-electron chi connectivity index (χ1n) is 25.3. The molecule has 0 spiro atoms. The van der Waals surface area contributed by atoms with Gasteiger partial charge in [-0.2, -0.15) is 0 Å². The number of nitrogens with zero attached hydrogens (tertiary/aromatic N) is 1. The van der Waals surface area contributed by atoms with E-state index in [2.05, 4.69) is 135 Å². The average Bonchev–Trinajstić information content (AvgIpc) is 3.27. The number of phosphoric ester groups is 1. The summed E-state index contributed by atoms with van der Waals surface area (Å²) < 4.78 is 34.7. The van der Waals surface area contributed by atoms with Gasteiger partial charge in [-0.05, 0) is 103 Å². The van der Waals surface area contributed by atoms with E-state index in [-0.39, 0.29) is 32.2 Å². The highest BCUT2D eigenvalue weighted by Crippen LogP contribution is 2.38. The smallest absolute Gasteiger partial charge is 0.306 e. The first-order valence-corrected chi connectivity index (χ1v) is 26.7. The number of unbranched alkanes of at least 4 members (excludes halogenated alkanes) is 11. The number of carbonyl (C=O) groups is 1. The summed E-state index contributed by atoms with van der Waals surface area (Å²) in [6.07, 6.45) is 67.9. The Labute approximate surface area is 399 Å². The summed E-state index contributed by atoms with van der Waals surface area (Å²) in [7, 11) is 1.31. The van der Waals surface area contributed by atoms with Crippen LogP contribution in [0.15, 0.2) is 122 Å². The van der Waals surface area contributed by atoms with Gasteiger partial charge in [0.15, 0.2) is 0 Å². The predicted molar refractivity (Wildman–Crippen MR) is 277 cm³/mol. The Bertz CT molecular complexity index is 1450. The number of likely N-dealkylation sites (N-methyl/N-ethyl adjacent to an activating group) is 1. The summed E-state index contributed by atoms with van der Waals surface area (Å²) in [6, 6.07) is 0. The Balaban J connectivity index is 4.27. The summed E-state index contributed by atoms with van der Waals surface area (Å²) >= 11 is 0. The van der Waals surface area contributed by atoms with Crippen molar-refractivity contribution in [1.29, 1.82) is 0 Å². The highest BCUT2D eigenvalue weighted by atomic mass is 31.2. The molecule has 0 radical (unpaired) electrons. The SMILES string of the molecule is CC/C=C\C/C=C\C/C=C\C/C=C\C/C=C\C/C=C\CCCCCCCOCC(COP(=O)([O-])OCC[N+](C)(C)C)OC(=O)CCCCCCCC/C=C\C/C=C\C/C=C\C/C=C\CC. The van der Waals surface area contributed by atoms with Crippen molar-refractivity contribution in [3.63, 3.8) is 0 Å². The van der Waals surface area contributed by atoms with Crippen LogP contribution in [0.1, 0.15) is 168 Å². The lowest BCUT2D eigenvalue weighted by Crippen LogP contribution is -2.37. The van der Waals surface area contributed by atoms with E-state index >= 15 is 0 Å². The topological polar surface area (TPSA) is 94.1 Å². The van der Waals surface area contributed by atoms with Crippen LogP contribution in [0, 0.1) is 0 Å². The van der Waals surface area contributed by atoms with Crippen molar-refractivity contribution in [2.45, 2.75) is 174 Å². The molecule has 370 valence electrons. The molecule has 0 aromatic rings. The lowest BCUT2D eigenvalue weighted by molar-refractivity contribution is -0.870. The molecule has 0 saturated carbocycles. The summed E-state index contributed by atoms with van der Waals surface area (Å²) in [4.78, 5) is 25.2. The quantitative estimate of drug-likeness (QED) is 0.0197. The van der Waals surface area contributed by atoms with Crippen LogP contribution < -0.4 is 4.89 Å². The normalized spacial score (nSPS) is 14.6. The predicted octanol–water partition coefficient (Wildman–Crippen LogP) is 15.1. The van der Waals surface area contributed by atoms with Gasteiger partial charge in [0.05, 0.1) is 34.4 Å². The van der Waals surface area contributed by atoms with E-state index in [1.807, 2.05) is 21.1 Å². The fourth-order valence-corrected chi connectivity index (χ4v) is 6.92. The van der Waals surface area contributed by atoms with Gasteiger partial charge in [0.1, 0.15) is 19.3 Å². The molecule has 0 N–H and O–H groups in total. The van der Waals surface area contributed by atoms with E-state index in [0.29, 0.717) is 17.6 Å². The average molecular weight is 924 g/mol. The van der Waals surface area contributed by atoms with E-state index in [9.17, 15) is 14.3 Å². The third kappa shape index (κ3) is 51.7. The van der Waals surface area contributed by atoms with Gasteiger partial charge in [-0.1, -0.05) is 180 Å². The van der Waals surface area contributed by atoms with Crippen molar-refractivity contribution in [3.05, 3.63) is 122 Å². The molecule has 0 amide bonds. The first-order chi connectivity index (χ1) is 31.6. The zero-order chi connectivity index (χ0) is 47.6. The molecule has 0 aliphatic carbocycles. The molecule has 0 heterocycles. The summed E-state index contributed by atoms with van der Waals surface area (Å²) in [5.41, 5.74) is 0. The molecule has 0 rings (SSSR count). The van der Waals surface area contributed by atoms with Crippen molar-refractivity contribution in [2.75, 3.05) is 54.1 Å². The Morgan fingerprint density at radius 2 is 0.846 bits per heavy atom. The third-order valence-electron chi connectivity index (χ3n) is 10.0. The minimum Gasteiger partial charge on any atom is -0.756 e. The minimum absolute atomic E-state index is 0.0110. The molecule has 0 bridgehead atoms. The van der Waals surface area contributed by atoms with Crippen LogP contribution in [0.5, 0.6) is 0 Å². The summed E-state index contributed by atoms with van der Waals surface area (Å²) in [5, 5.41) is 0. The second kappa shape index (κ2) is 47.4. The Hall–Kier alpha value is -3.10. The largest absolute Gasteiger partial charge is 0.756 e. The first kappa shape index (κ1) is 61.9.